The van der Waals surface area contributed by atoms with Crippen LogP contribution >= 0.6 is 0 Å². The molecule has 0 aliphatic rings. The minimum absolute atomic E-state index is 0. The molecule has 0 saturated heterocycles. The van der Waals surface area contributed by atoms with Crippen molar-refractivity contribution >= 4 is 23.0 Å². The van der Waals surface area contributed by atoms with Crippen molar-refractivity contribution in [2.24, 2.45) is 0 Å². The van der Waals surface area contributed by atoms with E-state index in [1.54, 1.807) is 0 Å². The van der Waals surface area contributed by atoms with Crippen LogP contribution in [0.4, 0.5) is 0 Å². The van der Waals surface area contributed by atoms with E-state index in [0.717, 1.165) is 12.8 Å². The number of rotatable bonds is 14. The van der Waals surface area contributed by atoms with E-state index in [1.165, 1.54) is 70.6 Å². The molecule has 0 aliphatic carbocycles. The van der Waals surface area contributed by atoms with E-state index in [9.17, 15) is 4.79 Å². The molecule has 0 fully saturated rings. The Hall–Kier alpha value is -0.0505. The van der Waals surface area contributed by atoms with Gasteiger partial charge >= 0.3 is 23.0 Å². The summed E-state index contributed by atoms with van der Waals surface area (Å²) in [4.78, 5) is 10.3. The molecule has 0 aliphatic heterocycles. The van der Waals surface area contributed by atoms with Crippen molar-refractivity contribution < 1.29 is 9.90 Å². The van der Waals surface area contributed by atoms with Crippen molar-refractivity contribution in [1.29, 1.82) is 0 Å². The molecule has 0 unspecified atom stereocenters. The van der Waals surface area contributed by atoms with Crippen LogP contribution in [0.1, 0.15) is 96.8 Å². The fraction of sp³-hybridized carbons (Fsp3) is 0.938. The van der Waals surface area contributed by atoms with Crippen molar-refractivity contribution in [2.45, 2.75) is 96.8 Å². The van der Waals surface area contributed by atoms with E-state index in [0.29, 0.717) is 6.42 Å². The van der Waals surface area contributed by atoms with Gasteiger partial charge in [0, 0.05) is 6.42 Å². The molecule has 0 radical (unpaired) electrons. The molecule has 20 heavy (non-hydrogen) atoms. The standard InChI is InChI=1S/C16H32O2.H3N.H2Se/c1-2-3-4-5-6-7-8-9-10-11-12-13-14-15-16(17)18;;/h2-15H2,1H3,(H,17,18);1H3;1H2. The van der Waals surface area contributed by atoms with Gasteiger partial charge in [-0.25, -0.2) is 0 Å². The normalized spacial score (nSPS) is 9.65. The van der Waals surface area contributed by atoms with Gasteiger partial charge in [-0.05, 0) is 6.42 Å². The first-order chi connectivity index (χ1) is 8.77. The molecule has 0 aromatic carbocycles. The third-order valence-electron chi connectivity index (χ3n) is 3.49. The van der Waals surface area contributed by atoms with Crippen molar-refractivity contribution in [3.8, 4) is 0 Å². The fourth-order valence-electron chi connectivity index (χ4n) is 2.29. The van der Waals surface area contributed by atoms with E-state index >= 15 is 0 Å². The molecule has 0 atom stereocenters. The van der Waals surface area contributed by atoms with E-state index < -0.39 is 5.97 Å². The van der Waals surface area contributed by atoms with E-state index in [4.69, 9.17) is 5.11 Å². The van der Waals surface area contributed by atoms with Crippen molar-refractivity contribution in [1.82, 2.24) is 6.15 Å². The average Bonchev–Trinajstić information content (AvgIpc) is 2.34. The molecule has 0 rings (SSSR count). The van der Waals surface area contributed by atoms with Gasteiger partial charge < -0.3 is 11.3 Å². The zero-order valence-electron chi connectivity index (χ0n) is 13.5. The molecule has 0 saturated carbocycles. The van der Waals surface area contributed by atoms with Crippen LogP contribution in [0.5, 0.6) is 0 Å². The Balaban J connectivity index is -0.00000144. The second-order valence-electron chi connectivity index (χ2n) is 5.39. The summed E-state index contributed by atoms with van der Waals surface area (Å²) in [5.41, 5.74) is 0. The molecule has 0 amide bonds. The summed E-state index contributed by atoms with van der Waals surface area (Å²) >= 11 is 0. The van der Waals surface area contributed by atoms with Crippen molar-refractivity contribution in [3.05, 3.63) is 0 Å². The first kappa shape index (κ1) is 24.9. The quantitative estimate of drug-likeness (QED) is 0.348. The van der Waals surface area contributed by atoms with Crippen molar-refractivity contribution in [3.63, 3.8) is 0 Å². The Morgan fingerprint density at radius 1 is 0.700 bits per heavy atom. The maximum absolute atomic E-state index is 10.3. The van der Waals surface area contributed by atoms with Crippen LogP contribution in [0.2, 0.25) is 0 Å². The monoisotopic (exact) mass is 355 g/mol. The van der Waals surface area contributed by atoms with Gasteiger partial charge in [-0.15, -0.1) is 0 Å². The minimum atomic E-state index is -0.655. The summed E-state index contributed by atoms with van der Waals surface area (Å²) in [7, 11) is 0. The van der Waals surface area contributed by atoms with Crippen LogP contribution in [0.15, 0.2) is 0 Å². The van der Waals surface area contributed by atoms with Gasteiger partial charge in [0.2, 0.25) is 0 Å². The molecular weight excluding hydrogens is 317 g/mol. The average molecular weight is 354 g/mol. The van der Waals surface area contributed by atoms with Gasteiger partial charge in [-0.3, -0.25) is 4.79 Å². The van der Waals surface area contributed by atoms with Gasteiger partial charge in [0.1, 0.15) is 0 Å². The number of unbranched alkanes of at least 4 members (excludes halogenated alkanes) is 12. The first-order valence-electron chi connectivity index (χ1n) is 7.99. The third-order valence-corrected chi connectivity index (χ3v) is 3.49. The summed E-state index contributed by atoms with van der Waals surface area (Å²) in [6, 6.07) is 0. The second-order valence-corrected chi connectivity index (χ2v) is 5.39. The van der Waals surface area contributed by atoms with E-state index in [2.05, 4.69) is 6.92 Å². The number of aliphatic carboxylic acids is 1. The van der Waals surface area contributed by atoms with E-state index in [1.807, 2.05) is 0 Å². The third kappa shape index (κ3) is 23.1. The summed E-state index contributed by atoms with van der Waals surface area (Å²) in [6.45, 7) is 2.26. The van der Waals surface area contributed by atoms with Gasteiger partial charge in [0.15, 0.2) is 0 Å². The van der Waals surface area contributed by atoms with Gasteiger partial charge in [-0.1, -0.05) is 84.0 Å². The van der Waals surface area contributed by atoms with Crippen LogP contribution in [0, 0.1) is 0 Å². The second kappa shape index (κ2) is 21.3. The van der Waals surface area contributed by atoms with Gasteiger partial charge in [0.05, 0.1) is 0 Å². The van der Waals surface area contributed by atoms with Gasteiger partial charge in [-0.2, -0.15) is 0 Å². The van der Waals surface area contributed by atoms with Crippen LogP contribution in [-0.4, -0.2) is 28.1 Å². The number of carboxylic acids is 1. The first-order valence-corrected chi connectivity index (χ1v) is 7.99. The van der Waals surface area contributed by atoms with Gasteiger partial charge in [0.25, 0.3) is 0 Å². The molecular formula is C16H37NO2Se. The number of hydrogen-bond acceptors (Lipinski definition) is 2. The molecule has 0 bridgehead atoms. The Morgan fingerprint density at radius 2 is 1.00 bits per heavy atom. The fourth-order valence-corrected chi connectivity index (χ4v) is 2.29. The Bertz CT molecular complexity index is 189. The Morgan fingerprint density at radius 3 is 1.30 bits per heavy atom. The Kier molecular flexibility index (Phi) is 26.5. The van der Waals surface area contributed by atoms with Crippen LogP contribution in [0.25, 0.3) is 0 Å². The van der Waals surface area contributed by atoms with Crippen LogP contribution in [0.3, 0.4) is 0 Å². The molecule has 4 heteroatoms. The maximum atomic E-state index is 10.3. The molecule has 3 nitrogen and oxygen atoms in total. The molecule has 0 aromatic rings. The SMILES string of the molecule is CCCCCCCCCCCCCCCC(=O)O.N.[SeH2]. The van der Waals surface area contributed by atoms with Crippen LogP contribution < -0.4 is 6.15 Å². The number of hydrogen-bond donors (Lipinski definition) is 2. The Labute approximate surface area is 136 Å². The summed E-state index contributed by atoms with van der Waals surface area (Å²) in [5.74, 6) is -0.655. The summed E-state index contributed by atoms with van der Waals surface area (Å²) < 4.78 is 0. The zero-order valence-corrected chi connectivity index (χ0v) is 15.6. The number of carbonyl (C=O) groups is 1. The topological polar surface area (TPSA) is 72.3 Å². The molecule has 124 valence electrons. The molecule has 0 aromatic heterocycles. The number of carboxylic acid groups (broad SMARTS) is 1. The van der Waals surface area contributed by atoms with E-state index in [-0.39, 0.29) is 23.2 Å². The predicted molar refractivity (Wildman–Crippen MR) is 91.5 cm³/mol. The molecule has 0 spiro atoms. The van der Waals surface area contributed by atoms with Crippen molar-refractivity contribution in [2.75, 3.05) is 0 Å². The summed E-state index contributed by atoms with van der Waals surface area (Å²) in [5, 5.41) is 8.49. The summed E-state index contributed by atoms with van der Waals surface area (Å²) in [6.07, 6.45) is 17.3. The van der Waals surface area contributed by atoms with Crippen LogP contribution in [-0.2, 0) is 4.79 Å². The molecule has 4 N–H and O–H groups in total. The zero-order chi connectivity index (χ0) is 13.5. The molecule has 0 heterocycles. The predicted octanol–water partition coefficient (Wildman–Crippen LogP) is 4.80.